The van der Waals surface area contributed by atoms with Gasteiger partial charge in [-0.2, -0.15) is 0 Å². The summed E-state index contributed by atoms with van der Waals surface area (Å²) in [6, 6.07) is 17.9. The normalized spacial score (nSPS) is 12.1. The van der Waals surface area contributed by atoms with Gasteiger partial charge in [0, 0.05) is 22.3 Å². The van der Waals surface area contributed by atoms with Crippen LogP contribution < -0.4 is 10.1 Å². The minimum atomic E-state index is -0.552. The van der Waals surface area contributed by atoms with Crippen LogP contribution in [-0.4, -0.2) is 20.9 Å². The number of hydrogen-bond acceptors (Lipinski definition) is 4. The number of nitrogens with one attached hydrogen (secondary N) is 1. The van der Waals surface area contributed by atoms with Crippen molar-refractivity contribution < 1.29 is 9.53 Å². The third kappa shape index (κ3) is 5.98. The van der Waals surface area contributed by atoms with E-state index in [0.29, 0.717) is 10.8 Å². The second kappa shape index (κ2) is 9.56. The van der Waals surface area contributed by atoms with Gasteiger partial charge in [-0.15, -0.1) is 0 Å². The molecule has 5 nitrogen and oxygen atoms in total. The van der Waals surface area contributed by atoms with Crippen molar-refractivity contribution in [3.63, 3.8) is 0 Å². The molecule has 4 rings (SSSR count). The molecule has 0 saturated carbocycles. The second-order valence-corrected chi connectivity index (χ2v) is 11.4. The van der Waals surface area contributed by atoms with Crippen molar-refractivity contribution in [2.45, 2.75) is 46.6 Å². The Balaban J connectivity index is 1.70. The number of benzene rings is 2. The van der Waals surface area contributed by atoms with E-state index in [1.807, 2.05) is 47.0 Å². The largest absolute Gasteiger partial charge is 0.423 e. The average molecular weight is 510 g/mol. The molecule has 0 aliphatic rings. The van der Waals surface area contributed by atoms with Gasteiger partial charge in [-0.05, 0) is 68.1 Å². The fourth-order valence-corrected chi connectivity index (χ4v) is 5.02. The third-order valence-electron chi connectivity index (χ3n) is 5.43. The molecule has 0 amide bonds. The van der Waals surface area contributed by atoms with E-state index in [-0.39, 0.29) is 21.5 Å². The molecule has 4 aromatic rings. The SMILES string of the molecule is CC(C)(C)CC(C)(C)Nc1c(-c2cccc(OC(=O)c3ccc(Cl)cc3Cl)c2)nc2ccccn12. The lowest BCUT2D eigenvalue weighted by atomic mass is 9.82. The van der Waals surface area contributed by atoms with Crippen molar-refractivity contribution in [2.24, 2.45) is 5.41 Å². The molecule has 2 heterocycles. The zero-order valence-electron chi connectivity index (χ0n) is 20.5. The number of hydrogen-bond donors (Lipinski definition) is 1. The number of fused-ring (bicyclic) bond motifs is 1. The molecule has 0 radical (unpaired) electrons. The summed E-state index contributed by atoms with van der Waals surface area (Å²) in [5.41, 5.74) is 2.64. The lowest BCUT2D eigenvalue weighted by Crippen LogP contribution is -2.36. The maximum absolute atomic E-state index is 12.7. The fourth-order valence-electron chi connectivity index (χ4n) is 4.53. The van der Waals surface area contributed by atoms with Crippen molar-refractivity contribution in [3.8, 4) is 17.0 Å². The molecule has 0 aliphatic heterocycles. The minimum Gasteiger partial charge on any atom is -0.423 e. The second-order valence-electron chi connectivity index (χ2n) is 10.5. The molecule has 2 aromatic heterocycles. The van der Waals surface area contributed by atoms with E-state index < -0.39 is 5.97 Å². The van der Waals surface area contributed by atoms with Crippen LogP contribution >= 0.6 is 23.2 Å². The Morgan fingerprint density at radius 3 is 2.49 bits per heavy atom. The van der Waals surface area contributed by atoms with Gasteiger partial charge in [-0.25, -0.2) is 9.78 Å². The Labute approximate surface area is 216 Å². The first kappa shape index (κ1) is 25.1. The highest BCUT2D eigenvalue weighted by Crippen LogP contribution is 2.36. The summed E-state index contributed by atoms with van der Waals surface area (Å²) in [5.74, 6) is 0.734. The van der Waals surface area contributed by atoms with Gasteiger partial charge in [0.15, 0.2) is 0 Å². The van der Waals surface area contributed by atoms with Crippen LogP contribution in [0.1, 0.15) is 51.4 Å². The summed E-state index contributed by atoms with van der Waals surface area (Å²) in [6.45, 7) is 11.1. The van der Waals surface area contributed by atoms with E-state index in [0.717, 1.165) is 29.1 Å². The highest BCUT2D eigenvalue weighted by molar-refractivity contribution is 6.36. The van der Waals surface area contributed by atoms with E-state index in [9.17, 15) is 4.79 Å². The van der Waals surface area contributed by atoms with Crippen LogP contribution in [0.15, 0.2) is 66.9 Å². The number of nitrogens with zero attached hydrogens (tertiary/aromatic N) is 2. The highest BCUT2D eigenvalue weighted by atomic mass is 35.5. The molecule has 0 aliphatic carbocycles. The summed E-state index contributed by atoms with van der Waals surface area (Å²) >= 11 is 12.1. The van der Waals surface area contributed by atoms with Crippen LogP contribution in [0.2, 0.25) is 10.0 Å². The van der Waals surface area contributed by atoms with Gasteiger partial charge in [0.05, 0.1) is 10.6 Å². The topological polar surface area (TPSA) is 55.6 Å². The lowest BCUT2D eigenvalue weighted by Gasteiger charge is -2.34. The standard InChI is InChI=1S/C28H29Cl2N3O2/c1-27(2,3)17-28(4,5)32-25-24(31-23-11-6-7-14-33(23)25)18-9-8-10-20(15-18)35-26(34)21-13-12-19(29)16-22(21)30/h6-16,32H,17H2,1-5H3. The number of carbonyl (C=O) groups excluding carboxylic acids is 1. The smallest absolute Gasteiger partial charge is 0.345 e. The minimum absolute atomic E-state index is 0.147. The molecule has 2 aromatic carbocycles. The Hall–Kier alpha value is -3.02. The molecule has 0 unspecified atom stereocenters. The molecule has 0 saturated heterocycles. The maximum Gasteiger partial charge on any atom is 0.345 e. The summed E-state index contributed by atoms with van der Waals surface area (Å²) in [4.78, 5) is 17.6. The average Bonchev–Trinajstić information content (AvgIpc) is 3.10. The molecule has 0 spiro atoms. The zero-order chi connectivity index (χ0) is 25.4. The van der Waals surface area contributed by atoms with E-state index in [2.05, 4.69) is 39.9 Å². The van der Waals surface area contributed by atoms with Crippen LogP contribution in [0.25, 0.3) is 16.9 Å². The molecular weight excluding hydrogens is 481 g/mol. The quantitative estimate of drug-likeness (QED) is 0.210. The molecular formula is C28H29Cl2N3O2. The van der Waals surface area contributed by atoms with Crippen molar-refractivity contribution in [2.75, 3.05) is 5.32 Å². The van der Waals surface area contributed by atoms with Gasteiger partial charge < -0.3 is 10.1 Å². The number of ether oxygens (including phenoxy) is 1. The highest BCUT2D eigenvalue weighted by Gasteiger charge is 2.28. The number of halogens is 2. The number of aromatic nitrogens is 2. The monoisotopic (exact) mass is 509 g/mol. The molecule has 182 valence electrons. The summed E-state index contributed by atoms with van der Waals surface area (Å²) < 4.78 is 7.69. The van der Waals surface area contributed by atoms with Gasteiger partial charge in [-0.3, -0.25) is 4.40 Å². The molecule has 7 heteroatoms. The van der Waals surface area contributed by atoms with Gasteiger partial charge in [0.25, 0.3) is 0 Å². The molecule has 1 N–H and O–H groups in total. The number of esters is 1. The summed E-state index contributed by atoms with van der Waals surface area (Å²) in [7, 11) is 0. The summed E-state index contributed by atoms with van der Waals surface area (Å²) in [6.07, 6.45) is 2.95. The maximum atomic E-state index is 12.7. The van der Waals surface area contributed by atoms with Crippen molar-refractivity contribution in [3.05, 3.63) is 82.5 Å². The molecule has 0 bridgehead atoms. The van der Waals surface area contributed by atoms with E-state index in [1.165, 1.54) is 6.07 Å². The summed E-state index contributed by atoms with van der Waals surface area (Å²) in [5, 5.41) is 4.42. The molecule has 0 fully saturated rings. The van der Waals surface area contributed by atoms with Gasteiger partial charge in [0.1, 0.15) is 22.9 Å². The number of imidazole rings is 1. The van der Waals surface area contributed by atoms with Gasteiger partial charge in [0.2, 0.25) is 0 Å². The fraction of sp³-hybridized carbons (Fsp3) is 0.286. The lowest BCUT2D eigenvalue weighted by molar-refractivity contribution is 0.0735. The zero-order valence-corrected chi connectivity index (χ0v) is 22.0. The number of carbonyl (C=O) groups is 1. The number of rotatable bonds is 6. The van der Waals surface area contributed by atoms with Crippen molar-refractivity contribution in [1.82, 2.24) is 9.38 Å². The van der Waals surface area contributed by atoms with E-state index in [1.54, 1.807) is 18.2 Å². The Morgan fingerprint density at radius 2 is 1.77 bits per heavy atom. The third-order valence-corrected chi connectivity index (χ3v) is 5.98. The van der Waals surface area contributed by atoms with Crippen LogP contribution in [0.5, 0.6) is 5.75 Å². The van der Waals surface area contributed by atoms with Crippen molar-refractivity contribution in [1.29, 1.82) is 0 Å². The molecule has 35 heavy (non-hydrogen) atoms. The first-order valence-corrected chi connectivity index (χ1v) is 12.2. The Morgan fingerprint density at radius 1 is 1.00 bits per heavy atom. The van der Waals surface area contributed by atoms with Crippen LogP contribution in [0.4, 0.5) is 5.82 Å². The van der Waals surface area contributed by atoms with E-state index >= 15 is 0 Å². The predicted octanol–water partition coefficient (Wildman–Crippen LogP) is 8.15. The Bertz CT molecular complexity index is 1390. The van der Waals surface area contributed by atoms with Crippen LogP contribution in [-0.2, 0) is 0 Å². The first-order chi connectivity index (χ1) is 16.4. The predicted molar refractivity (Wildman–Crippen MR) is 144 cm³/mol. The first-order valence-electron chi connectivity index (χ1n) is 11.4. The number of pyridine rings is 1. The Kier molecular flexibility index (Phi) is 6.85. The van der Waals surface area contributed by atoms with Crippen molar-refractivity contribution >= 4 is 40.6 Å². The van der Waals surface area contributed by atoms with Gasteiger partial charge in [-0.1, -0.05) is 62.2 Å². The number of anilines is 1. The van der Waals surface area contributed by atoms with Crippen LogP contribution in [0, 0.1) is 5.41 Å². The molecule has 0 atom stereocenters. The van der Waals surface area contributed by atoms with E-state index in [4.69, 9.17) is 32.9 Å². The van der Waals surface area contributed by atoms with Crippen LogP contribution in [0.3, 0.4) is 0 Å². The van der Waals surface area contributed by atoms with Gasteiger partial charge >= 0.3 is 5.97 Å².